The normalized spacial score (nSPS) is 11.6. The number of nitrogens with one attached hydrogen (secondary N) is 1. The molecule has 18 heavy (non-hydrogen) atoms. The summed E-state index contributed by atoms with van der Waals surface area (Å²) in [6.45, 7) is 6.32. The number of rotatable bonds is 8. The molecule has 1 heterocycles. The van der Waals surface area contributed by atoms with Gasteiger partial charge >= 0.3 is 0 Å². The second kappa shape index (κ2) is 7.64. The molecule has 0 amide bonds. The summed E-state index contributed by atoms with van der Waals surface area (Å²) in [6, 6.07) is 5.87. The molecule has 1 rings (SSSR count). The summed E-state index contributed by atoms with van der Waals surface area (Å²) >= 11 is 1.95. The van der Waals surface area contributed by atoms with Crippen LogP contribution in [0.5, 0.6) is 5.88 Å². The van der Waals surface area contributed by atoms with E-state index in [1.165, 1.54) is 12.8 Å². The molecule has 0 atom stereocenters. The fourth-order valence-electron chi connectivity index (χ4n) is 1.95. The van der Waals surface area contributed by atoms with Crippen LogP contribution in [0, 0.1) is 0 Å². The fraction of sp³-hybridized carbons (Fsp3) is 0.643. The first-order valence-corrected chi connectivity index (χ1v) is 7.68. The molecule has 0 bridgehead atoms. The maximum Gasteiger partial charge on any atom is 0.213 e. The average Bonchev–Trinajstić information content (AvgIpc) is 2.44. The van der Waals surface area contributed by atoms with E-state index >= 15 is 0 Å². The molecule has 4 heteroatoms. The molecule has 102 valence electrons. The quantitative estimate of drug-likeness (QED) is 0.785. The molecule has 0 aromatic carbocycles. The van der Waals surface area contributed by atoms with Crippen molar-refractivity contribution >= 4 is 11.8 Å². The van der Waals surface area contributed by atoms with E-state index in [0.29, 0.717) is 10.6 Å². The third-order valence-corrected chi connectivity index (χ3v) is 5.05. The monoisotopic (exact) mass is 268 g/mol. The van der Waals surface area contributed by atoms with Gasteiger partial charge in [0.1, 0.15) is 0 Å². The van der Waals surface area contributed by atoms with Gasteiger partial charge in [-0.25, -0.2) is 4.98 Å². The van der Waals surface area contributed by atoms with Crippen LogP contribution in [0.4, 0.5) is 0 Å². The van der Waals surface area contributed by atoms with Crippen molar-refractivity contribution in [2.45, 2.75) is 38.0 Å². The van der Waals surface area contributed by atoms with Crippen LogP contribution in [0.2, 0.25) is 0 Å². The van der Waals surface area contributed by atoms with E-state index < -0.39 is 0 Å². The average molecular weight is 268 g/mol. The lowest BCUT2D eigenvalue weighted by Crippen LogP contribution is -2.36. The molecular formula is C14H24N2OS. The van der Waals surface area contributed by atoms with E-state index in [-0.39, 0.29) is 0 Å². The van der Waals surface area contributed by atoms with Crippen LogP contribution in [0.1, 0.15) is 32.4 Å². The van der Waals surface area contributed by atoms with Crippen LogP contribution >= 0.6 is 11.8 Å². The van der Waals surface area contributed by atoms with Gasteiger partial charge in [0, 0.05) is 23.9 Å². The van der Waals surface area contributed by atoms with Crippen molar-refractivity contribution in [2.24, 2.45) is 0 Å². The number of pyridine rings is 1. The molecule has 1 aromatic rings. The Labute approximate surface area is 115 Å². The van der Waals surface area contributed by atoms with Crippen molar-refractivity contribution in [3.8, 4) is 5.88 Å². The third kappa shape index (κ3) is 4.18. The number of hydrogen-bond acceptors (Lipinski definition) is 4. The molecule has 0 aliphatic heterocycles. The van der Waals surface area contributed by atoms with E-state index in [9.17, 15) is 0 Å². The molecule has 0 fully saturated rings. The van der Waals surface area contributed by atoms with Crippen LogP contribution in [-0.4, -0.2) is 29.6 Å². The first kappa shape index (κ1) is 15.3. The smallest absolute Gasteiger partial charge is 0.213 e. The minimum Gasteiger partial charge on any atom is -0.481 e. The molecule has 1 aromatic heterocycles. The second-order valence-corrected chi connectivity index (χ2v) is 5.64. The standard InChI is InChI=1S/C14H24N2OS/c1-5-14(6-2,18-4)11-15-10-12-8-7-9-13(16-12)17-3/h7-9,15H,5-6,10-11H2,1-4H3. The molecule has 0 aliphatic carbocycles. The Morgan fingerprint density at radius 3 is 2.61 bits per heavy atom. The van der Waals surface area contributed by atoms with Gasteiger partial charge in [0.15, 0.2) is 0 Å². The highest BCUT2D eigenvalue weighted by Crippen LogP contribution is 2.29. The van der Waals surface area contributed by atoms with Crippen LogP contribution < -0.4 is 10.1 Å². The first-order valence-electron chi connectivity index (χ1n) is 6.45. The summed E-state index contributed by atoms with van der Waals surface area (Å²) in [4.78, 5) is 4.40. The zero-order valence-corrected chi connectivity index (χ0v) is 12.6. The van der Waals surface area contributed by atoms with Gasteiger partial charge in [-0.1, -0.05) is 19.9 Å². The Morgan fingerprint density at radius 2 is 2.06 bits per heavy atom. The van der Waals surface area contributed by atoms with E-state index in [1.54, 1.807) is 7.11 Å². The highest BCUT2D eigenvalue weighted by Gasteiger charge is 2.23. The summed E-state index contributed by atoms with van der Waals surface area (Å²) in [5.41, 5.74) is 1.02. The topological polar surface area (TPSA) is 34.1 Å². The molecule has 0 spiro atoms. The highest BCUT2D eigenvalue weighted by atomic mass is 32.2. The van der Waals surface area contributed by atoms with Crippen molar-refractivity contribution < 1.29 is 4.74 Å². The van der Waals surface area contributed by atoms with Crippen molar-refractivity contribution in [1.82, 2.24) is 10.3 Å². The lowest BCUT2D eigenvalue weighted by Gasteiger charge is -2.29. The number of nitrogens with zero attached hydrogens (tertiary/aromatic N) is 1. The van der Waals surface area contributed by atoms with Gasteiger partial charge in [-0.15, -0.1) is 0 Å². The SMILES string of the molecule is CCC(CC)(CNCc1cccc(OC)n1)SC. The largest absolute Gasteiger partial charge is 0.481 e. The Hall–Kier alpha value is -0.740. The van der Waals surface area contributed by atoms with Gasteiger partial charge in [-0.2, -0.15) is 11.8 Å². The number of ether oxygens (including phenoxy) is 1. The van der Waals surface area contributed by atoms with Crippen molar-refractivity contribution in [1.29, 1.82) is 0 Å². The van der Waals surface area contributed by atoms with Crippen LogP contribution in [-0.2, 0) is 6.54 Å². The summed E-state index contributed by atoms with van der Waals surface area (Å²) in [5.74, 6) is 0.677. The van der Waals surface area contributed by atoms with Crippen LogP contribution in [0.15, 0.2) is 18.2 Å². The summed E-state index contributed by atoms with van der Waals surface area (Å²) in [5, 5.41) is 3.51. The van der Waals surface area contributed by atoms with Gasteiger partial charge in [0.2, 0.25) is 5.88 Å². The molecule has 0 unspecified atom stereocenters. The Balaban J connectivity index is 2.49. The van der Waals surface area contributed by atoms with Crippen LogP contribution in [0.25, 0.3) is 0 Å². The zero-order valence-electron chi connectivity index (χ0n) is 11.8. The second-order valence-electron chi connectivity index (χ2n) is 4.37. The summed E-state index contributed by atoms with van der Waals surface area (Å²) < 4.78 is 5.47. The number of hydrogen-bond donors (Lipinski definition) is 1. The fourth-order valence-corrected chi connectivity index (χ4v) is 2.77. The predicted octanol–water partition coefficient (Wildman–Crippen LogP) is 3.10. The number of aromatic nitrogens is 1. The molecule has 1 N–H and O–H groups in total. The number of thioether (sulfide) groups is 1. The molecule has 0 saturated carbocycles. The Bertz CT molecular complexity index is 345. The molecular weight excluding hydrogens is 244 g/mol. The van der Waals surface area contributed by atoms with E-state index in [2.05, 4.69) is 30.4 Å². The summed E-state index contributed by atoms with van der Waals surface area (Å²) in [7, 11) is 1.65. The minimum absolute atomic E-state index is 0.346. The summed E-state index contributed by atoms with van der Waals surface area (Å²) in [6.07, 6.45) is 4.56. The van der Waals surface area contributed by atoms with Gasteiger partial charge in [0.25, 0.3) is 0 Å². The highest BCUT2D eigenvalue weighted by molar-refractivity contribution is 8.00. The third-order valence-electron chi connectivity index (χ3n) is 3.47. The van der Waals surface area contributed by atoms with Gasteiger partial charge < -0.3 is 10.1 Å². The molecule has 0 aliphatic rings. The lowest BCUT2D eigenvalue weighted by molar-refractivity contribution is 0.395. The van der Waals surface area contributed by atoms with Gasteiger partial charge in [0.05, 0.1) is 12.8 Å². The minimum atomic E-state index is 0.346. The molecule has 3 nitrogen and oxygen atoms in total. The maximum atomic E-state index is 5.12. The van der Waals surface area contributed by atoms with E-state index in [1.807, 2.05) is 30.0 Å². The van der Waals surface area contributed by atoms with Crippen molar-refractivity contribution in [3.63, 3.8) is 0 Å². The van der Waals surface area contributed by atoms with E-state index in [4.69, 9.17) is 4.74 Å². The Morgan fingerprint density at radius 1 is 1.33 bits per heavy atom. The van der Waals surface area contributed by atoms with Crippen LogP contribution in [0.3, 0.4) is 0 Å². The van der Waals surface area contributed by atoms with Crippen molar-refractivity contribution in [3.05, 3.63) is 23.9 Å². The van der Waals surface area contributed by atoms with E-state index in [0.717, 1.165) is 18.8 Å². The Kier molecular flexibility index (Phi) is 6.50. The predicted molar refractivity (Wildman–Crippen MR) is 79.3 cm³/mol. The maximum absolute atomic E-state index is 5.12. The van der Waals surface area contributed by atoms with Crippen molar-refractivity contribution in [2.75, 3.05) is 19.9 Å². The lowest BCUT2D eigenvalue weighted by atomic mass is 10.0. The van der Waals surface area contributed by atoms with Gasteiger partial charge in [-0.05, 0) is 25.2 Å². The zero-order chi connectivity index (χ0) is 13.4. The molecule has 0 radical (unpaired) electrons. The van der Waals surface area contributed by atoms with Gasteiger partial charge in [-0.3, -0.25) is 0 Å². The first-order chi connectivity index (χ1) is 8.69. The number of methoxy groups -OCH3 is 1. The molecule has 0 saturated heterocycles.